The molecule has 1 aliphatic heterocycles. The number of amides is 1. The van der Waals surface area contributed by atoms with Gasteiger partial charge in [0.1, 0.15) is 0 Å². The molecule has 1 aliphatic rings. The predicted octanol–water partition coefficient (Wildman–Crippen LogP) is 1.32. The summed E-state index contributed by atoms with van der Waals surface area (Å²) in [4.78, 5) is 22.6. The Labute approximate surface area is 122 Å². The Morgan fingerprint density at radius 1 is 1.19 bits per heavy atom. The van der Waals surface area contributed by atoms with Gasteiger partial charge in [0.15, 0.2) is 6.10 Å². The minimum atomic E-state index is -0.525. The molecule has 2 aromatic rings. The number of ether oxygens (including phenoxy) is 1. The van der Waals surface area contributed by atoms with E-state index in [0.717, 1.165) is 5.69 Å². The van der Waals surface area contributed by atoms with Crippen molar-refractivity contribution >= 4 is 17.5 Å². The van der Waals surface area contributed by atoms with E-state index in [9.17, 15) is 4.79 Å². The molecule has 21 heavy (non-hydrogen) atoms. The molecule has 0 aliphatic carbocycles. The first kappa shape index (κ1) is 13.5. The normalized spacial score (nSPS) is 18.3. The van der Waals surface area contributed by atoms with E-state index in [2.05, 4.69) is 15.3 Å². The molecule has 1 atom stereocenters. The largest absolute Gasteiger partial charge is 0.365 e. The van der Waals surface area contributed by atoms with Crippen molar-refractivity contribution < 1.29 is 9.53 Å². The fourth-order valence-electron chi connectivity index (χ4n) is 2.19. The molecule has 1 fully saturated rings. The molecule has 1 aromatic heterocycles. The number of morpholine rings is 1. The first-order valence-corrected chi connectivity index (χ1v) is 6.82. The van der Waals surface area contributed by atoms with Gasteiger partial charge in [-0.3, -0.25) is 4.79 Å². The van der Waals surface area contributed by atoms with E-state index >= 15 is 0 Å². The van der Waals surface area contributed by atoms with E-state index in [0.29, 0.717) is 25.6 Å². The molecule has 1 aromatic carbocycles. The average Bonchev–Trinajstić information content (AvgIpc) is 2.57. The summed E-state index contributed by atoms with van der Waals surface area (Å²) in [6, 6.07) is 11.1. The van der Waals surface area contributed by atoms with Gasteiger partial charge in [0, 0.05) is 24.6 Å². The van der Waals surface area contributed by atoms with Crippen LogP contribution in [0.25, 0.3) is 0 Å². The summed E-state index contributed by atoms with van der Waals surface area (Å²) >= 11 is 0. The molecule has 0 bridgehead atoms. The van der Waals surface area contributed by atoms with Gasteiger partial charge in [-0.05, 0) is 18.2 Å². The van der Waals surface area contributed by atoms with Crippen LogP contribution < -0.4 is 10.2 Å². The van der Waals surface area contributed by atoms with E-state index in [1.54, 1.807) is 18.5 Å². The summed E-state index contributed by atoms with van der Waals surface area (Å²) in [5.74, 6) is 0.472. The highest BCUT2D eigenvalue weighted by Crippen LogP contribution is 2.14. The van der Waals surface area contributed by atoms with Crippen molar-refractivity contribution in [1.82, 2.24) is 9.97 Å². The van der Waals surface area contributed by atoms with Crippen molar-refractivity contribution in [2.45, 2.75) is 6.10 Å². The second kappa shape index (κ2) is 6.32. The third-order valence-corrected chi connectivity index (χ3v) is 3.24. The SMILES string of the molecule is O=C(Nc1ccccc1)[C@H]1CN(c2ncccn2)CCO1. The lowest BCUT2D eigenvalue weighted by atomic mass is 10.2. The van der Waals surface area contributed by atoms with Crippen LogP contribution in [-0.2, 0) is 9.53 Å². The minimum Gasteiger partial charge on any atom is -0.365 e. The summed E-state index contributed by atoms with van der Waals surface area (Å²) in [6.45, 7) is 1.60. The summed E-state index contributed by atoms with van der Waals surface area (Å²) < 4.78 is 5.55. The van der Waals surface area contributed by atoms with Crippen molar-refractivity contribution in [2.24, 2.45) is 0 Å². The first-order chi connectivity index (χ1) is 10.3. The Hall–Kier alpha value is -2.47. The van der Waals surface area contributed by atoms with Gasteiger partial charge in [0.25, 0.3) is 5.91 Å². The average molecular weight is 284 g/mol. The van der Waals surface area contributed by atoms with Crippen LogP contribution in [0, 0.1) is 0 Å². The molecule has 1 amide bonds. The second-order valence-corrected chi connectivity index (χ2v) is 4.71. The summed E-state index contributed by atoms with van der Waals surface area (Å²) in [5, 5.41) is 2.85. The third kappa shape index (κ3) is 3.35. The van der Waals surface area contributed by atoms with Gasteiger partial charge >= 0.3 is 0 Å². The fraction of sp³-hybridized carbons (Fsp3) is 0.267. The van der Waals surface area contributed by atoms with Crippen LogP contribution >= 0.6 is 0 Å². The van der Waals surface area contributed by atoms with Crippen LogP contribution in [0.3, 0.4) is 0 Å². The summed E-state index contributed by atoms with van der Waals surface area (Å²) in [5.41, 5.74) is 0.763. The number of aromatic nitrogens is 2. The van der Waals surface area contributed by atoms with Gasteiger partial charge < -0.3 is 15.0 Å². The van der Waals surface area contributed by atoms with Crippen LogP contribution in [0.5, 0.6) is 0 Å². The monoisotopic (exact) mass is 284 g/mol. The molecule has 6 heteroatoms. The third-order valence-electron chi connectivity index (χ3n) is 3.24. The van der Waals surface area contributed by atoms with Crippen molar-refractivity contribution in [3.63, 3.8) is 0 Å². The molecule has 1 saturated heterocycles. The van der Waals surface area contributed by atoms with Crippen LogP contribution in [0.4, 0.5) is 11.6 Å². The Balaban J connectivity index is 1.64. The molecule has 0 unspecified atom stereocenters. The molecular formula is C15H16N4O2. The number of nitrogens with one attached hydrogen (secondary N) is 1. The highest BCUT2D eigenvalue weighted by molar-refractivity contribution is 5.94. The number of benzene rings is 1. The van der Waals surface area contributed by atoms with Crippen molar-refractivity contribution in [3.8, 4) is 0 Å². The van der Waals surface area contributed by atoms with Crippen LogP contribution in [-0.4, -0.2) is 41.7 Å². The van der Waals surface area contributed by atoms with Gasteiger partial charge in [0.2, 0.25) is 5.95 Å². The molecule has 108 valence electrons. The number of hydrogen-bond acceptors (Lipinski definition) is 5. The number of carbonyl (C=O) groups is 1. The zero-order valence-corrected chi connectivity index (χ0v) is 11.5. The Morgan fingerprint density at radius 2 is 1.95 bits per heavy atom. The predicted molar refractivity (Wildman–Crippen MR) is 79.1 cm³/mol. The zero-order valence-electron chi connectivity index (χ0n) is 11.5. The van der Waals surface area contributed by atoms with E-state index in [-0.39, 0.29) is 5.91 Å². The maximum absolute atomic E-state index is 12.2. The van der Waals surface area contributed by atoms with Crippen molar-refractivity contribution in [3.05, 3.63) is 48.8 Å². The lowest BCUT2D eigenvalue weighted by molar-refractivity contribution is -0.128. The van der Waals surface area contributed by atoms with Gasteiger partial charge in [-0.15, -0.1) is 0 Å². The zero-order chi connectivity index (χ0) is 14.5. The Morgan fingerprint density at radius 3 is 2.71 bits per heavy atom. The second-order valence-electron chi connectivity index (χ2n) is 4.71. The number of carbonyl (C=O) groups excluding carboxylic acids is 1. The van der Waals surface area contributed by atoms with Crippen molar-refractivity contribution in [2.75, 3.05) is 29.9 Å². The molecule has 0 spiro atoms. The molecular weight excluding hydrogens is 268 g/mol. The van der Waals surface area contributed by atoms with Crippen LogP contribution in [0.15, 0.2) is 48.8 Å². The summed E-state index contributed by atoms with van der Waals surface area (Å²) in [6.07, 6.45) is 2.86. The highest BCUT2D eigenvalue weighted by Gasteiger charge is 2.27. The van der Waals surface area contributed by atoms with Crippen molar-refractivity contribution in [1.29, 1.82) is 0 Å². The summed E-state index contributed by atoms with van der Waals surface area (Å²) in [7, 11) is 0. The van der Waals surface area contributed by atoms with Crippen LogP contribution in [0.2, 0.25) is 0 Å². The van der Waals surface area contributed by atoms with Gasteiger partial charge in [0.05, 0.1) is 13.2 Å². The lowest BCUT2D eigenvalue weighted by Gasteiger charge is -2.32. The minimum absolute atomic E-state index is 0.151. The molecule has 6 nitrogen and oxygen atoms in total. The molecule has 0 radical (unpaired) electrons. The first-order valence-electron chi connectivity index (χ1n) is 6.82. The van der Waals surface area contributed by atoms with Gasteiger partial charge in [-0.1, -0.05) is 18.2 Å². The topological polar surface area (TPSA) is 67.4 Å². The fourth-order valence-corrected chi connectivity index (χ4v) is 2.19. The van der Waals surface area contributed by atoms with E-state index in [4.69, 9.17) is 4.74 Å². The standard InChI is InChI=1S/C15H16N4O2/c20-14(18-12-5-2-1-3-6-12)13-11-19(9-10-21-13)15-16-7-4-8-17-15/h1-8,13H,9-11H2,(H,18,20)/t13-/m1/s1. The Bertz CT molecular complexity index is 591. The molecule has 3 rings (SSSR count). The maximum atomic E-state index is 12.2. The number of rotatable bonds is 3. The van der Waals surface area contributed by atoms with Gasteiger partial charge in [-0.2, -0.15) is 0 Å². The molecule has 0 saturated carbocycles. The van der Waals surface area contributed by atoms with E-state index in [1.165, 1.54) is 0 Å². The quantitative estimate of drug-likeness (QED) is 0.920. The molecule has 1 N–H and O–H groups in total. The number of anilines is 2. The lowest BCUT2D eigenvalue weighted by Crippen LogP contribution is -2.48. The maximum Gasteiger partial charge on any atom is 0.255 e. The van der Waals surface area contributed by atoms with Crippen LogP contribution in [0.1, 0.15) is 0 Å². The Kier molecular flexibility index (Phi) is 4.07. The number of hydrogen-bond donors (Lipinski definition) is 1. The van der Waals surface area contributed by atoms with Gasteiger partial charge in [-0.25, -0.2) is 9.97 Å². The molecule has 2 heterocycles. The van der Waals surface area contributed by atoms with E-state index in [1.807, 2.05) is 35.2 Å². The number of para-hydroxylation sites is 1. The number of nitrogens with zero attached hydrogens (tertiary/aromatic N) is 3. The highest BCUT2D eigenvalue weighted by atomic mass is 16.5. The smallest absolute Gasteiger partial charge is 0.255 e. The van der Waals surface area contributed by atoms with E-state index < -0.39 is 6.10 Å².